The van der Waals surface area contributed by atoms with E-state index in [2.05, 4.69) is 6.92 Å². The molecule has 0 nitrogen and oxygen atoms in total. The van der Waals surface area contributed by atoms with Gasteiger partial charge in [-0.3, -0.25) is 0 Å². The Morgan fingerprint density at radius 1 is 1.57 bits per heavy atom. The van der Waals surface area contributed by atoms with Gasteiger partial charge in [-0.05, 0) is 0 Å². The molecule has 0 saturated heterocycles. The molecule has 0 N–H and O–H groups in total. The third kappa shape index (κ3) is 4.51. The van der Waals surface area contributed by atoms with Crippen LogP contribution in [0.4, 0.5) is 4.39 Å². The van der Waals surface area contributed by atoms with E-state index in [-0.39, 0.29) is 21.2 Å². The van der Waals surface area contributed by atoms with Crippen LogP contribution in [0.2, 0.25) is 0 Å². The molecule has 7 heavy (non-hydrogen) atoms. The van der Waals surface area contributed by atoms with Crippen LogP contribution in [0.3, 0.4) is 0 Å². The Hall–Kier alpha value is 0.660. The summed E-state index contributed by atoms with van der Waals surface area (Å²) in [6.45, 7) is 3.95. The van der Waals surface area contributed by atoms with Crippen LogP contribution in [0.5, 0.6) is 0 Å². The van der Waals surface area contributed by atoms with E-state index in [1.165, 1.54) is 0 Å². The van der Waals surface area contributed by atoms with Crippen LogP contribution in [0, 0.1) is 0 Å². The van der Waals surface area contributed by atoms with Crippen LogP contribution in [0.15, 0.2) is 0 Å². The van der Waals surface area contributed by atoms with E-state index >= 15 is 0 Å². The zero-order valence-electron chi connectivity index (χ0n) is 4.75. The Morgan fingerprint density at radius 3 is 2.29 bits per heavy atom. The molecular formula is C5H11FI-. The van der Waals surface area contributed by atoms with Gasteiger partial charge in [-0.15, -0.1) is 0 Å². The second kappa shape index (κ2) is 4.81. The van der Waals surface area contributed by atoms with Crippen molar-refractivity contribution in [1.82, 2.24) is 0 Å². The predicted octanol–water partition coefficient (Wildman–Crippen LogP) is -1.20. The maximum atomic E-state index is 12.2. The number of hydrogen-bond donors (Lipinski definition) is 0. The van der Waals surface area contributed by atoms with Crippen molar-refractivity contribution in [2.75, 3.05) is 4.43 Å². The molecule has 0 aliphatic rings. The maximum absolute atomic E-state index is 12.2. The Labute approximate surface area is 54.8 Å². The summed E-state index contributed by atoms with van der Waals surface area (Å²) in [5, 5.41) is 0. The molecule has 0 bridgehead atoms. The summed E-state index contributed by atoms with van der Waals surface area (Å²) >= 11 is -0.102. The Balaban J connectivity index is 2.83. The molecule has 0 aliphatic heterocycles. The topological polar surface area (TPSA) is 0 Å². The molecule has 0 aromatic carbocycles. The first-order valence-corrected chi connectivity index (χ1v) is 5.30. The summed E-state index contributed by atoms with van der Waals surface area (Å²) < 4.78 is 12.8. The molecule has 0 radical (unpaired) electrons. The average Bonchev–Trinajstić information content (AvgIpc) is 1.68. The minimum absolute atomic E-state index is 0.102. The molecule has 0 fully saturated rings. The van der Waals surface area contributed by atoms with Gasteiger partial charge in [0.1, 0.15) is 0 Å². The first kappa shape index (κ1) is 7.66. The van der Waals surface area contributed by atoms with Crippen molar-refractivity contribution in [1.29, 1.82) is 0 Å². The predicted molar refractivity (Wildman–Crippen MR) is 25.7 cm³/mol. The van der Waals surface area contributed by atoms with Crippen molar-refractivity contribution in [2.24, 2.45) is 0 Å². The number of rotatable bonds is 3. The average molecular weight is 217 g/mol. The standard InChI is InChI=1S/C5H11FI/c1-3-5(6)7-4-2/h5H,3-4H2,1-2H3/q-1. The van der Waals surface area contributed by atoms with E-state index in [9.17, 15) is 4.39 Å². The van der Waals surface area contributed by atoms with Crippen molar-refractivity contribution >= 4 is 0 Å². The molecule has 0 amide bonds. The molecule has 0 aliphatic carbocycles. The molecule has 1 unspecified atom stereocenters. The minimum atomic E-state index is -0.441. The van der Waals surface area contributed by atoms with Gasteiger partial charge in [-0.1, -0.05) is 0 Å². The Morgan fingerprint density at radius 2 is 2.14 bits per heavy atom. The van der Waals surface area contributed by atoms with Gasteiger partial charge in [0.2, 0.25) is 0 Å². The van der Waals surface area contributed by atoms with Gasteiger partial charge in [0.05, 0.1) is 0 Å². The van der Waals surface area contributed by atoms with E-state index in [0.29, 0.717) is 0 Å². The third-order valence-electron chi connectivity index (χ3n) is 0.630. The van der Waals surface area contributed by atoms with E-state index in [0.717, 1.165) is 10.8 Å². The van der Waals surface area contributed by atoms with Crippen LogP contribution in [-0.2, 0) is 0 Å². The number of alkyl halides is 3. The van der Waals surface area contributed by atoms with Gasteiger partial charge < -0.3 is 0 Å². The monoisotopic (exact) mass is 217 g/mol. The van der Waals surface area contributed by atoms with Gasteiger partial charge in [-0.2, -0.15) is 0 Å². The van der Waals surface area contributed by atoms with Crippen LogP contribution in [-0.4, -0.2) is 8.61 Å². The van der Waals surface area contributed by atoms with Crippen molar-refractivity contribution in [3.05, 3.63) is 0 Å². The fourth-order valence-corrected chi connectivity index (χ4v) is 1.86. The molecule has 0 aromatic rings. The van der Waals surface area contributed by atoms with Gasteiger partial charge >= 0.3 is 54.5 Å². The molecule has 0 aromatic heterocycles. The second-order valence-corrected chi connectivity index (χ2v) is 4.98. The quantitative estimate of drug-likeness (QED) is 0.411. The first-order valence-electron chi connectivity index (χ1n) is 2.53. The van der Waals surface area contributed by atoms with Crippen LogP contribution in [0.1, 0.15) is 20.3 Å². The summed E-state index contributed by atoms with van der Waals surface area (Å²) in [4.78, 5) is 0. The molecule has 0 heterocycles. The number of halogens is 2. The molecular weight excluding hydrogens is 206 g/mol. The number of hydrogen-bond acceptors (Lipinski definition) is 0. The molecule has 46 valence electrons. The fraction of sp³-hybridized carbons (Fsp3) is 1.00. The second-order valence-electron chi connectivity index (χ2n) is 1.22. The summed E-state index contributed by atoms with van der Waals surface area (Å²) in [5.41, 5.74) is 0. The van der Waals surface area contributed by atoms with E-state index < -0.39 is 4.18 Å². The SMILES string of the molecule is CC[I-]C(F)CC. The van der Waals surface area contributed by atoms with E-state index in [1.54, 1.807) is 0 Å². The fourth-order valence-electron chi connectivity index (χ4n) is 0.277. The summed E-state index contributed by atoms with van der Waals surface area (Å²) in [6.07, 6.45) is 0.723. The molecule has 0 rings (SSSR count). The van der Waals surface area contributed by atoms with Gasteiger partial charge in [0, 0.05) is 0 Å². The van der Waals surface area contributed by atoms with Crippen molar-refractivity contribution < 1.29 is 25.6 Å². The Kier molecular flexibility index (Phi) is 5.26. The van der Waals surface area contributed by atoms with Crippen molar-refractivity contribution in [3.63, 3.8) is 0 Å². The van der Waals surface area contributed by atoms with Crippen LogP contribution >= 0.6 is 0 Å². The third-order valence-corrected chi connectivity index (χ3v) is 3.35. The van der Waals surface area contributed by atoms with Gasteiger partial charge in [0.25, 0.3) is 0 Å². The van der Waals surface area contributed by atoms with Crippen molar-refractivity contribution in [2.45, 2.75) is 24.4 Å². The first-order chi connectivity index (χ1) is 3.31. The molecule has 0 spiro atoms. The van der Waals surface area contributed by atoms with Crippen LogP contribution in [0.25, 0.3) is 0 Å². The van der Waals surface area contributed by atoms with Gasteiger partial charge in [-0.25, -0.2) is 0 Å². The summed E-state index contributed by atoms with van der Waals surface area (Å²) in [7, 11) is 0. The van der Waals surface area contributed by atoms with Crippen molar-refractivity contribution in [3.8, 4) is 0 Å². The molecule has 2 heteroatoms. The van der Waals surface area contributed by atoms with E-state index in [4.69, 9.17) is 0 Å². The van der Waals surface area contributed by atoms with Crippen LogP contribution < -0.4 is 21.2 Å². The zero-order chi connectivity index (χ0) is 5.70. The zero-order valence-corrected chi connectivity index (χ0v) is 6.90. The Bertz CT molecular complexity index is 39.1. The molecule has 0 saturated carbocycles. The van der Waals surface area contributed by atoms with Gasteiger partial charge in [0.15, 0.2) is 0 Å². The molecule has 1 atom stereocenters. The van der Waals surface area contributed by atoms with E-state index in [1.807, 2.05) is 6.92 Å². The summed E-state index contributed by atoms with van der Waals surface area (Å²) in [6, 6.07) is 0. The summed E-state index contributed by atoms with van der Waals surface area (Å²) in [5.74, 6) is 0. The normalized spacial score (nSPS) is 14.7.